The second-order valence-electron chi connectivity index (χ2n) is 9.13. The van der Waals surface area contributed by atoms with E-state index in [2.05, 4.69) is 4.84 Å². The molecular weight excluding hydrogens is 536 g/mol. The summed E-state index contributed by atoms with van der Waals surface area (Å²) in [6.45, 7) is -0.268. The molecule has 4 rings (SSSR count). The Kier molecular flexibility index (Phi) is 8.83. The zero-order chi connectivity index (χ0) is 29.0. The third kappa shape index (κ3) is 5.55. The number of nitrogens with zero attached hydrogens (tertiary/aromatic N) is 2. The Hall–Kier alpha value is -4.25. The Morgan fingerprint density at radius 2 is 1.82 bits per heavy atom. The van der Waals surface area contributed by atoms with Crippen molar-refractivity contribution in [3.8, 4) is 28.4 Å². The summed E-state index contributed by atoms with van der Waals surface area (Å²) >= 11 is 1.35. The summed E-state index contributed by atoms with van der Waals surface area (Å²) in [5.41, 5.74) is 3.83. The number of carbonyl (C=O) groups is 1. The number of benzene rings is 2. The molecule has 0 aliphatic heterocycles. The fraction of sp³-hybridized carbons (Fsp3) is 0.310. The summed E-state index contributed by atoms with van der Waals surface area (Å²) in [4.78, 5) is 44.3. The van der Waals surface area contributed by atoms with Crippen LogP contribution in [0.1, 0.15) is 39.5 Å². The number of aryl methyl sites for hydroxylation is 1. The highest BCUT2D eigenvalue weighted by Gasteiger charge is 2.32. The van der Waals surface area contributed by atoms with Gasteiger partial charge in [0.1, 0.15) is 6.61 Å². The maximum Gasteiger partial charge on any atom is 0.294 e. The van der Waals surface area contributed by atoms with Crippen LogP contribution in [0.2, 0.25) is 0 Å². The van der Waals surface area contributed by atoms with Gasteiger partial charge in [-0.3, -0.25) is 9.59 Å². The van der Waals surface area contributed by atoms with Crippen molar-refractivity contribution < 1.29 is 28.9 Å². The van der Waals surface area contributed by atoms with Gasteiger partial charge in [-0.1, -0.05) is 18.2 Å². The van der Waals surface area contributed by atoms with E-state index in [1.54, 1.807) is 62.6 Å². The van der Waals surface area contributed by atoms with Crippen LogP contribution in [0.15, 0.2) is 58.2 Å². The Morgan fingerprint density at radius 1 is 1.07 bits per heavy atom. The molecule has 1 aliphatic carbocycles. The van der Waals surface area contributed by atoms with E-state index in [9.17, 15) is 19.7 Å². The van der Waals surface area contributed by atoms with E-state index < -0.39 is 11.1 Å². The van der Waals surface area contributed by atoms with Crippen molar-refractivity contribution in [2.45, 2.75) is 30.4 Å². The molecule has 0 fully saturated rings. The van der Waals surface area contributed by atoms with Crippen LogP contribution in [0, 0.1) is 10.1 Å². The fourth-order valence-electron chi connectivity index (χ4n) is 5.12. The van der Waals surface area contributed by atoms with Crippen molar-refractivity contribution in [2.24, 2.45) is 0 Å². The molecule has 210 valence electrons. The highest BCUT2D eigenvalue weighted by molar-refractivity contribution is 7.98. The van der Waals surface area contributed by atoms with Crippen molar-refractivity contribution in [1.29, 1.82) is 0 Å². The van der Waals surface area contributed by atoms with Crippen molar-refractivity contribution in [3.63, 3.8) is 0 Å². The molecule has 0 aromatic heterocycles. The lowest BCUT2D eigenvalue weighted by atomic mass is 9.95. The number of thioether (sulfide) groups is 1. The van der Waals surface area contributed by atoms with Gasteiger partial charge in [0.25, 0.3) is 11.0 Å². The quantitative estimate of drug-likeness (QED) is 0.202. The molecule has 0 spiro atoms. The molecule has 0 saturated heterocycles. The Bertz CT molecular complexity index is 1510. The van der Waals surface area contributed by atoms with E-state index >= 15 is 0 Å². The monoisotopic (exact) mass is 566 g/mol. The summed E-state index contributed by atoms with van der Waals surface area (Å²) in [6.07, 6.45) is 2.92. The first-order chi connectivity index (χ1) is 19.2. The molecule has 11 heteroatoms. The summed E-state index contributed by atoms with van der Waals surface area (Å²) in [5, 5.41) is 9.76. The van der Waals surface area contributed by atoms with Gasteiger partial charge in [0.2, 0.25) is 5.75 Å². The van der Waals surface area contributed by atoms with Gasteiger partial charge in [0.15, 0.2) is 16.9 Å². The lowest BCUT2D eigenvalue weighted by Gasteiger charge is -2.28. The first-order valence-corrected chi connectivity index (χ1v) is 13.6. The number of methoxy groups -OCH3 is 3. The fourth-order valence-corrected chi connectivity index (χ4v) is 5.58. The van der Waals surface area contributed by atoms with Crippen LogP contribution in [0.5, 0.6) is 17.2 Å². The molecule has 1 atom stereocenters. The molecule has 0 radical (unpaired) electrons. The van der Waals surface area contributed by atoms with E-state index in [1.165, 1.54) is 18.9 Å². The largest absolute Gasteiger partial charge is 0.493 e. The third-order valence-corrected chi connectivity index (χ3v) is 7.76. The second-order valence-corrected chi connectivity index (χ2v) is 9.97. The standard InChI is InChI=1S/C29H30N2O8S/c1-30(29(33)19-8-6-7-17(13-19)16-39-31(34)35)22-11-9-18-14-24(36-2)27(37-3)28(38-4)26(18)20-10-12-25(40-5)23(32)15-21(20)22/h6-8,10,12-15,22H,9,11,16H2,1-5H3/t22-/m0/s1. The molecule has 0 saturated carbocycles. The number of ether oxygens (including phenoxy) is 3. The normalized spacial score (nSPS) is 13.8. The van der Waals surface area contributed by atoms with Gasteiger partial charge in [0.05, 0.1) is 32.3 Å². The predicted molar refractivity (Wildman–Crippen MR) is 151 cm³/mol. The topological polar surface area (TPSA) is 117 Å². The summed E-state index contributed by atoms with van der Waals surface area (Å²) in [6, 6.07) is 13.2. The van der Waals surface area contributed by atoms with Gasteiger partial charge in [-0.2, -0.15) is 0 Å². The maximum atomic E-state index is 13.7. The first kappa shape index (κ1) is 28.8. The van der Waals surface area contributed by atoms with Crippen LogP contribution in [-0.4, -0.2) is 50.5 Å². The van der Waals surface area contributed by atoms with Crippen LogP contribution < -0.4 is 19.6 Å². The van der Waals surface area contributed by atoms with Gasteiger partial charge in [-0.15, -0.1) is 21.9 Å². The molecule has 3 aromatic rings. The molecule has 0 unspecified atom stereocenters. The molecule has 40 heavy (non-hydrogen) atoms. The molecule has 1 aliphatic rings. The number of carbonyl (C=O) groups excluding carboxylic acids is 1. The van der Waals surface area contributed by atoms with E-state index in [0.717, 1.165) is 16.7 Å². The second kappa shape index (κ2) is 12.3. The van der Waals surface area contributed by atoms with Gasteiger partial charge >= 0.3 is 0 Å². The van der Waals surface area contributed by atoms with Gasteiger partial charge in [-0.25, -0.2) is 0 Å². The minimum Gasteiger partial charge on any atom is -0.493 e. The van der Waals surface area contributed by atoms with Crippen LogP contribution in [-0.2, 0) is 17.9 Å². The van der Waals surface area contributed by atoms with Crippen LogP contribution in [0.3, 0.4) is 0 Å². The summed E-state index contributed by atoms with van der Waals surface area (Å²) in [5.74, 6) is 1.14. The molecule has 0 heterocycles. The zero-order valence-corrected chi connectivity index (χ0v) is 23.7. The zero-order valence-electron chi connectivity index (χ0n) is 22.9. The minimum atomic E-state index is -0.873. The Balaban J connectivity index is 1.88. The maximum absolute atomic E-state index is 13.7. The highest BCUT2D eigenvalue weighted by atomic mass is 32.2. The van der Waals surface area contributed by atoms with Crippen molar-refractivity contribution in [1.82, 2.24) is 4.90 Å². The van der Waals surface area contributed by atoms with Gasteiger partial charge < -0.3 is 23.9 Å². The Labute approximate surface area is 235 Å². The van der Waals surface area contributed by atoms with E-state index in [-0.39, 0.29) is 17.9 Å². The molecule has 10 nitrogen and oxygen atoms in total. The van der Waals surface area contributed by atoms with Crippen molar-refractivity contribution >= 4 is 17.7 Å². The lowest BCUT2D eigenvalue weighted by molar-refractivity contribution is -0.763. The Morgan fingerprint density at radius 3 is 2.48 bits per heavy atom. The molecule has 3 aromatic carbocycles. The van der Waals surface area contributed by atoms with Crippen molar-refractivity contribution in [2.75, 3.05) is 34.6 Å². The molecular formula is C29H30N2O8S. The number of hydrogen-bond donors (Lipinski definition) is 0. The third-order valence-electron chi connectivity index (χ3n) is 6.99. The lowest BCUT2D eigenvalue weighted by Crippen LogP contribution is -2.32. The highest BCUT2D eigenvalue weighted by Crippen LogP contribution is 2.50. The minimum absolute atomic E-state index is 0.151. The SMILES string of the molecule is COc1cc2c(c(OC)c1OC)-c1ccc(SC)c(=O)cc1[C@@H](N(C)C(=O)c1cccc(CO[N+](=O)[O-])c1)CC2. The smallest absolute Gasteiger partial charge is 0.294 e. The van der Waals surface area contributed by atoms with Crippen LogP contribution in [0.4, 0.5) is 0 Å². The van der Waals surface area contributed by atoms with Gasteiger partial charge in [0, 0.05) is 18.2 Å². The number of amides is 1. The predicted octanol–water partition coefficient (Wildman–Crippen LogP) is 4.93. The molecule has 0 bridgehead atoms. The van der Waals surface area contributed by atoms with E-state index in [0.29, 0.717) is 51.7 Å². The van der Waals surface area contributed by atoms with Crippen LogP contribution in [0.25, 0.3) is 11.1 Å². The first-order valence-electron chi connectivity index (χ1n) is 12.4. The van der Waals surface area contributed by atoms with Gasteiger partial charge in [-0.05, 0) is 71.7 Å². The van der Waals surface area contributed by atoms with E-state index in [1.807, 2.05) is 18.4 Å². The molecule has 1 amide bonds. The summed E-state index contributed by atoms with van der Waals surface area (Å²) < 4.78 is 17.1. The number of rotatable bonds is 9. The summed E-state index contributed by atoms with van der Waals surface area (Å²) in [7, 11) is 6.35. The van der Waals surface area contributed by atoms with E-state index in [4.69, 9.17) is 14.2 Å². The number of fused-ring (bicyclic) bond motifs is 3. The average molecular weight is 567 g/mol. The van der Waals surface area contributed by atoms with Crippen LogP contribution >= 0.6 is 11.8 Å². The molecule has 0 N–H and O–H groups in total. The van der Waals surface area contributed by atoms with Crippen molar-refractivity contribution in [3.05, 3.63) is 91.1 Å². The number of hydrogen-bond acceptors (Lipinski definition) is 9. The average Bonchev–Trinajstić information content (AvgIpc) is 3.21.